The molecule has 0 amide bonds. The maximum Gasteiger partial charge on any atom is 0.203 e. The van der Waals surface area contributed by atoms with E-state index in [0.717, 1.165) is 10.8 Å². The average molecular weight is 307 g/mol. The second kappa shape index (κ2) is 4.97. The zero-order valence-electron chi connectivity index (χ0n) is 9.69. The third-order valence-corrected chi connectivity index (χ3v) is 4.47. The Balaban J connectivity index is 2.21. The lowest BCUT2D eigenvalue weighted by molar-refractivity contribution is 0.104. The van der Waals surface area contributed by atoms with Gasteiger partial charge in [-0.1, -0.05) is 47.5 Å². The fourth-order valence-electron chi connectivity index (χ4n) is 2.03. The SMILES string of the molecule is O=C(c1ccc(Cl)s1)c1ccc(Cl)c2ccccc12. The third kappa shape index (κ3) is 2.27. The number of fused-ring (bicyclic) bond motifs is 1. The lowest BCUT2D eigenvalue weighted by Gasteiger charge is -2.06. The van der Waals surface area contributed by atoms with Gasteiger partial charge in [0.05, 0.1) is 9.21 Å². The zero-order chi connectivity index (χ0) is 13.4. The van der Waals surface area contributed by atoms with Crippen LogP contribution in [0.1, 0.15) is 15.2 Å². The molecule has 0 N–H and O–H groups in total. The van der Waals surface area contributed by atoms with Gasteiger partial charge < -0.3 is 0 Å². The van der Waals surface area contributed by atoms with Crippen molar-refractivity contribution in [3.8, 4) is 0 Å². The summed E-state index contributed by atoms with van der Waals surface area (Å²) in [4.78, 5) is 13.1. The van der Waals surface area contributed by atoms with E-state index < -0.39 is 0 Å². The first-order valence-electron chi connectivity index (χ1n) is 5.64. The Kier molecular flexibility index (Phi) is 3.31. The number of carbonyl (C=O) groups excluding carboxylic acids is 1. The standard InChI is InChI=1S/C15H8Cl2OS/c16-12-6-5-11(9-3-1-2-4-10(9)12)15(18)13-7-8-14(17)19-13/h1-8H. The van der Waals surface area contributed by atoms with Crippen molar-refractivity contribution in [2.24, 2.45) is 0 Å². The Labute approximate surface area is 124 Å². The number of benzene rings is 2. The summed E-state index contributed by atoms with van der Waals surface area (Å²) in [5.74, 6) is -0.0234. The van der Waals surface area contributed by atoms with Crippen LogP contribution in [-0.2, 0) is 0 Å². The zero-order valence-corrected chi connectivity index (χ0v) is 12.0. The van der Waals surface area contributed by atoms with Crippen molar-refractivity contribution < 1.29 is 4.79 Å². The van der Waals surface area contributed by atoms with Gasteiger partial charge in [0.2, 0.25) is 5.78 Å². The van der Waals surface area contributed by atoms with Gasteiger partial charge in [0.15, 0.2) is 0 Å². The molecule has 0 fully saturated rings. The van der Waals surface area contributed by atoms with E-state index in [1.165, 1.54) is 11.3 Å². The minimum Gasteiger partial charge on any atom is -0.288 e. The van der Waals surface area contributed by atoms with Crippen molar-refractivity contribution in [1.29, 1.82) is 0 Å². The summed E-state index contributed by atoms with van der Waals surface area (Å²) in [6.45, 7) is 0. The van der Waals surface area contributed by atoms with Crippen LogP contribution in [0.2, 0.25) is 9.36 Å². The van der Waals surface area contributed by atoms with Crippen molar-refractivity contribution >= 4 is 51.1 Å². The topological polar surface area (TPSA) is 17.1 Å². The molecule has 1 heterocycles. The Morgan fingerprint density at radius 2 is 1.63 bits per heavy atom. The van der Waals surface area contributed by atoms with Gasteiger partial charge in [-0.25, -0.2) is 0 Å². The normalized spacial score (nSPS) is 10.8. The van der Waals surface area contributed by atoms with E-state index in [4.69, 9.17) is 23.2 Å². The highest BCUT2D eigenvalue weighted by molar-refractivity contribution is 7.18. The highest BCUT2D eigenvalue weighted by Crippen LogP contribution is 2.30. The minimum absolute atomic E-state index is 0.0234. The molecule has 3 aromatic rings. The van der Waals surface area contributed by atoms with E-state index in [2.05, 4.69) is 0 Å². The highest BCUT2D eigenvalue weighted by atomic mass is 35.5. The van der Waals surface area contributed by atoms with E-state index in [-0.39, 0.29) is 5.78 Å². The molecule has 3 rings (SSSR count). The van der Waals surface area contributed by atoms with E-state index in [9.17, 15) is 4.79 Å². The molecule has 0 radical (unpaired) electrons. The third-order valence-electron chi connectivity index (χ3n) is 2.91. The first-order chi connectivity index (χ1) is 9.16. The van der Waals surface area contributed by atoms with Gasteiger partial charge in [-0.15, -0.1) is 11.3 Å². The van der Waals surface area contributed by atoms with Gasteiger partial charge in [0.1, 0.15) is 0 Å². The average Bonchev–Trinajstić information content (AvgIpc) is 2.86. The number of halogens is 2. The summed E-state index contributed by atoms with van der Waals surface area (Å²) >= 11 is 13.3. The molecular formula is C15H8Cl2OS. The van der Waals surface area contributed by atoms with Crippen molar-refractivity contribution in [2.75, 3.05) is 0 Å². The molecule has 0 aliphatic heterocycles. The van der Waals surface area contributed by atoms with Crippen LogP contribution in [0, 0.1) is 0 Å². The van der Waals surface area contributed by atoms with Crippen molar-refractivity contribution in [1.82, 2.24) is 0 Å². The van der Waals surface area contributed by atoms with Crippen molar-refractivity contribution in [3.63, 3.8) is 0 Å². The van der Waals surface area contributed by atoms with Gasteiger partial charge >= 0.3 is 0 Å². The molecule has 0 saturated heterocycles. The van der Waals surface area contributed by atoms with E-state index in [1.54, 1.807) is 24.3 Å². The van der Waals surface area contributed by atoms with Crippen LogP contribution < -0.4 is 0 Å². The Morgan fingerprint density at radius 3 is 2.32 bits per heavy atom. The van der Waals surface area contributed by atoms with Crippen molar-refractivity contribution in [3.05, 3.63) is 68.3 Å². The molecule has 0 spiro atoms. The molecular weight excluding hydrogens is 299 g/mol. The van der Waals surface area contributed by atoms with Gasteiger partial charge in [0, 0.05) is 16.0 Å². The fourth-order valence-corrected chi connectivity index (χ4v) is 3.25. The summed E-state index contributed by atoms with van der Waals surface area (Å²) in [6, 6.07) is 14.6. The van der Waals surface area contributed by atoms with Crippen LogP contribution >= 0.6 is 34.5 Å². The number of ketones is 1. The van der Waals surface area contributed by atoms with Crippen LogP contribution in [0.25, 0.3) is 10.8 Å². The molecule has 1 aromatic heterocycles. The number of rotatable bonds is 2. The maximum absolute atomic E-state index is 12.5. The predicted octanol–water partition coefficient (Wildman–Crippen LogP) is 5.44. The van der Waals surface area contributed by atoms with E-state index in [1.807, 2.05) is 24.3 Å². The van der Waals surface area contributed by atoms with Crippen LogP contribution in [0.15, 0.2) is 48.5 Å². The molecule has 0 aliphatic carbocycles. The summed E-state index contributed by atoms with van der Waals surface area (Å²) in [5, 5.41) is 2.40. The van der Waals surface area contributed by atoms with Crippen LogP contribution in [0.5, 0.6) is 0 Å². The first kappa shape index (κ1) is 12.7. The highest BCUT2D eigenvalue weighted by Gasteiger charge is 2.15. The lowest BCUT2D eigenvalue weighted by Crippen LogP contribution is -1.99. The van der Waals surface area contributed by atoms with Crippen LogP contribution in [0.4, 0.5) is 0 Å². The first-order valence-corrected chi connectivity index (χ1v) is 7.21. The van der Waals surface area contributed by atoms with Crippen LogP contribution in [0.3, 0.4) is 0 Å². The Morgan fingerprint density at radius 1 is 0.895 bits per heavy atom. The second-order valence-corrected chi connectivity index (χ2v) is 6.20. The Hall–Kier alpha value is -1.35. The van der Waals surface area contributed by atoms with E-state index >= 15 is 0 Å². The molecule has 0 unspecified atom stereocenters. The molecule has 4 heteroatoms. The molecule has 1 nitrogen and oxygen atoms in total. The number of hydrogen-bond donors (Lipinski definition) is 0. The molecule has 2 aromatic carbocycles. The molecule has 0 aliphatic rings. The quantitative estimate of drug-likeness (QED) is 0.576. The minimum atomic E-state index is -0.0234. The van der Waals surface area contributed by atoms with Gasteiger partial charge in [-0.05, 0) is 29.7 Å². The summed E-state index contributed by atoms with van der Waals surface area (Å²) in [5.41, 5.74) is 0.651. The lowest BCUT2D eigenvalue weighted by atomic mass is 10.0. The smallest absolute Gasteiger partial charge is 0.203 e. The Bertz CT molecular complexity index is 777. The second-order valence-electron chi connectivity index (χ2n) is 4.07. The molecule has 19 heavy (non-hydrogen) atoms. The molecule has 0 saturated carbocycles. The van der Waals surface area contributed by atoms with Crippen LogP contribution in [-0.4, -0.2) is 5.78 Å². The number of thiophene rings is 1. The van der Waals surface area contributed by atoms with Gasteiger partial charge in [0.25, 0.3) is 0 Å². The summed E-state index contributed by atoms with van der Waals surface area (Å²) < 4.78 is 0.613. The molecule has 0 atom stereocenters. The molecule has 94 valence electrons. The summed E-state index contributed by atoms with van der Waals surface area (Å²) in [6.07, 6.45) is 0. The fraction of sp³-hybridized carbons (Fsp3) is 0. The summed E-state index contributed by atoms with van der Waals surface area (Å²) in [7, 11) is 0. The van der Waals surface area contributed by atoms with Gasteiger partial charge in [-0.2, -0.15) is 0 Å². The monoisotopic (exact) mass is 306 g/mol. The number of carbonyl (C=O) groups is 1. The largest absolute Gasteiger partial charge is 0.288 e. The predicted molar refractivity (Wildman–Crippen MR) is 81.7 cm³/mol. The molecule has 0 bridgehead atoms. The maximum atomic E-state index is 12.5. The van der Waals surface area contributed by atoms with E-state index in [0.29, 0.717) is 19.8 Å². The van der Waals surface area contributed by atoms with Gasteiger partial charge in [-0.3, -0.25) is 4.79 Å². The van der Waals surface area contributed by atoms with Crippen molar-refractivity contribution in [2.45, 2.75) is 0 Å². The number of hydrogen-bond acceptors (Lipinski definition) is 2.